The summed E-state index contributed by atoms with van der Waals surface area (Å²) < 4.78 is 0. The van der Waals surface area contributed by atoms with E-state index in [0.717, 1.165) is 12.0 Å². The van der Waals surface area contributed by atoms with Gasteiger partial charge in [0.15, 0.2) is 0 Å². The van der Waals surface area contributed by atoms with E-state index in [1.54, 1.807) is 0 Å². The first-order valence-corrected chi connectivity index (χ1v) is 7.09. The zero-order valence-electron chi connectivity index (χ0n) is 12.0. The van der Waals surface area contributed by atoms with Crippen molar-refractivity contribution in [1.82, 2.24) is 15.1 Å². The van der Waals surface area contributed by atoms with Gasteiger partial charge in [-0.15, -0.1) is 0 Å². The molecule has 3 nitrogen and oxygen atoms in total. The molecule has 2 rings (SSSR count). The molecule has 0 aromatic carbocycles. The van der Waals surface area contributed by atoms with Crippen LogP contribution >= 0.6 is 0 Å². The van der Waals surface area contributed by atoms with Gasteiger partial charge in [0.05, 0.1) is 0 Å². The summed E-state index contributed by atoms with van der Waals surface area (Å²) in [5, 5.41) is 3.44. The molecule has 1 saturated heterocycles. The minimum Gasteiger partial charge on any atom is -0.319 e. The second kappa shape index (κ2) is 5.25. The van der Waals surface area contributed by atoms with E-state index >= 15 is 0 Å². The van der Waals surface area contributed by atoms with E-state index < -0.39 is 0 Å². The molecule has 0 bridgehead atoms. The Morgan fingerprint density at radius 1 is 1.41 bits per heavy atom. The lowest BCUT2D eigenvalue weighted by Crippen LogP contribution is -2.57. The maximum Gasteiger partial charge on any atom is 0.0199 e. The van der Waals surface area contributed by atoms with E-state index in [2.05, 4.69) is 43.3 Å². The van der Waals surface area contributed by atoms with E-state index in [-0.39, 0.29) is 0 Å². The number of hydrogen-bond acceptors (Lipinski definition) is 3. The van der Waals surface area contributed by atoms with Gasteiger partial charge in [-0.1, -0.05) is 6.42 Å². The maximum absolute atomic E-state index is 3.44. The summed E-state index contributed by atoms with van der Waals surface area (Å²) >= 11 is 0. The van der Waals surface area contributed by atoms with Gasteiger partial charge in [0.1, 0.15) is 0 Å². The lowest BCUT2D eigenvalue weighted by molar-refractivity contribution is -0.00806. The van der Waals surface area contributed by atoms with Crippen molar-refractivity contribution in [2.45, 2.75) is 31.7 Å². The van der Waals surface area contributed by atoms with Crippen LogP contribution < -0.4 is 5.32 Å². The largest absolute Gasteiger partial charge is 0.319 e. The van der Waals surface area contributed by atoms with Crippen LogP contribution in [0.5, 0.6) is 0 Å². The number of nitrogens with zero attached hydrogens (tertiary/aromatic N) is 2. The molecule has 3 heteroatoms. The normalized spacial score (nSPS) is 30.5. The molecule has 17 heavy (non-hydrogen) atoms. The van der Waals surface area contributed by atoms with Gasteiger partial charge in [0, 0.05) is 19.1 Å². The lowest BCUT2D eigenvalue weighted by Gasteiger charge is -2.52. The summed E-state index contributed by atoms with van der Waals surface area (Å²) in [6.45, 7) is 3.76. The number of hydrogen-bond donors (Lipinski definition) is 1. The highest BCUT2D eigenvalue weighted by Gasteiger charge is 2.48. The van der Waals surface area contributed by atoms with E-state index in [9.17, 15) is 0 Å². The second-order valence-corrected chi connectivity index (χ2v) is 6.47. The Labute approximate surface area is 107 Å². The van der Waals surface area contributed by atoms with Crippen LogP contribution in [-0.2, 0) is 0 Å². The summed E-state index contributed by atoms with van der Waals surface area (Å²) in [6.07, 6.45) is 5.63. The van der Waals surface area contributed by atoms with Crippen LogP contribution in [0, 0.1) is 11.3 Å². The fourth-order valence-electron chi connectivity index (χ4n) is 4.26. The summed E-state index contributed by atoms with van der Waals surface area (Å²) in [7, 11) is 8.92. The van der Waals surface area contributed by atoms with Crippen molar-refractivity contribution in [3.8, 4) is 0 Å². The third kappa shape index (κ3) is 2.51. The molecule has 0 aromatic rings. The first kappa shape index (κ1) is 13.3. The molecule has 100 valence electrons. The molecule has 0 aromatic heterocycles. The summed E-state index contributed by atoms with van der Waals surface area (Å²) in [4.78, 5) is 4.99. The van der Waals surface area contributed by atoms with Crippen LogP contribution in [0.3, 0.4) is 0 Å². The molecule has 2 fully saturated rings. The lowest BCUT2D eigenvalue weighted by atomic mass is 9.60. The molecule has 1 heterocycles. The van der Waals surface area contributed by atoms with E-state index in [4.69, 9.17) is 0 Å². The van der Waals surface area contributed by atoms with Crippen molar-refractivity contribution >= 4 is 0 Å². The smallest absolute Gasteiger partial charge is 0.0199 e. The summed E-state index contributed by atoms with van der Waals surface area (Å²) in [5.41, 5.74) is 0.550. The van der Waals surface area contributed by atoms with E-state index in [1.165, 1.54) is 45.3 Å². The van der Waals surface area contributed by atoms with Crippen LogP contribution in [0.1, 0.15) is 25.7 Å². The number of nitrogens with one attached hydrogen (secondary N) is 1. The Bertz CT molecular complexity index is 248. The third-order valence-corrected chi connectivity index (χ3v) is 4.94. The fraction of sp³-hybridized carbons (Fsp3) is 1.00. The van der Waals surface area contributed by atoms with Gasteiger partial charge in [-0.3, -0.25) is 0 Å². The Kier molecular flexibility index (Phi) is 4.11. The molecule has 1 N–H and O–H groups in total. The van der Waals surface area contributed by atoms with Crippen LogP contribution in [-0.4, -0.2) is 63.7 Å². The molecule has 0 spiro atoms. The molecular weight excluding hydrogens is 210 g/mol. The predicted molar refractivity (Wildman–Crippen MR) is 73.3 cm³/mol. The Hall–Kier alpha value is -0.120. The maximum atomic E-state index is 3.44. The minimum atomic E-state index is 0.550. The fourth-order valence-corrected chi connectivity index (χ4v) is 4.26. The predicted octanol–water partition coefficient (Wildman–Crippen LogP) is 1.26. The number of rotatable bonds is 5. The monoisotopic (exact) mass is 239 g/mol. The van der Waals surface area contributed by atoms with Crippen molar-refractivity contribution in [2.75, 3.05) is 47.8 Å². The van der Waals surface area contributed by atoms with E-state index in [0.29, 0.717) is 5.41 Å². The van der Waals surface area contributed by atoms with Gasteiger partial charge in [-0.25, -0.2) is 0 Å². The zero-order valence-corrected chi connectivity index (χ0v) is 12.0. The first-order chi connectivity index (χ1) is 8.09. The summed E-state index contributed by atoms with van der Waals surface area (Å²) in [5.74, 6) is 0.864. The topological polar surface area (TPSA) is 18.5 Å². The molecular formula is C14H29N3. The van der Waals surface area contributed by atoms with Crippen molar-refractivity contribution in [2.24, 2.45) is 11.3 Å². The SMILES string of the molecule is CNCC1(C(C2CCN(C)C2)N(C)C)CCC1. The average molecular weight is 239 g/mol. The molecule has 1 saturated carbocycles. The Morgan fingerprint density at radius 2 is 2.12 bits per heavy atom. The molecule has 2 aliphatic rings. The van der Waals surface area contributed by atoms with Gasteiger partial charge >= 0.3 is 0 Å². The summed E-state index contributed by atoms with van der Waals surface area (Å²) in [6, 6.07) is 0.758. The van der Waals surface area contributed by atoms with Crippen molar-refractivity contribution < 1.29 is 0 Å². The molecule has 0 radical (unpaired) electrons. The van der Waals surface area contributed by atoms with Crippen molar-refractivity contribution in [3.05, 3.63) is 0 Å². The second-order valence-electron chi connectivity index (χ2n) is 6.47. The highest BCUT2D eigenvalue weighted by Crippen LogP contribution is 2.48. The van der Waals surface area contributed by atoms with Gasteiger partial charge in [-0.2, -0.15) is 0 Å². The number of likely N-dealkylation sites (tertiary alicyclic amines) is 1. The van der Waals surface area contributed by atoms with Gasteiger partial charge in [-0.05, 0) is 65.3 Å². The Balaban J connectivity index is 2.10. The van der Waals surface area contributed by atoms with Gasteiger partial charge in [0.25, 0.3) is 0 Å². The highest BCUT2D eigenvalue weighted by molar-refractivity contribution is 5.02. The standard InChI is InChI=1S/C14H29N3/c1-15-11-14(7-5-8-14)13(16(2)3)12-6-9-17(4)10-12/h12-13,15H,5-11H2,1-4H3. The molecule has 1 aliphatic heterocycles. The van der Waals surface area contributed by atoms with Crippen LogP contribution in [0.25, 0.3) is 0 Å². The Morgan fingerprint density at radius 3 is 2.47 bits per heavy atom. The van der Waals surface area contributed by atoms with E-state index in [1.807, 2.05) is 0 Å². The van der Waals surface area contributed by atoms with Crippen molar-refractivity contribution in [1.29, 1.82) is 0 Å². The zero-order chi connectivity index (χ0) is 12.5. The first-order valence-electron chi connectivity index (χ1n) is 7.09. The van der Waals surface area contributed by atoms with Gasteiger partial charge in [0.2, 0.25) is 0 Å². The van der Waals surface area contributed by atoms with Crippen LogP contribution in [0.15, 0.2) is 0 Å². The average Bonchev–Trinajstić information content (AvgIpc) is 2.61. The molecule has 1 aliphatic carbocycles. The molecule has 2 unspecified atom stereocenters. The molecule has 0 amide bonds. The molecule has 2 atom stereocenters. The minimum absolute atomic E-state index is 0.550. The van der Waals surface area contributed by atoms with Crippen LogP contribution in [0.4, 0.5) is 0 Å². The van der Waals surface area contributed by atoms with Crippen LogP contribution in [0.2, 0.25) is 0 Å². The highest BCUT2D eigenvalue weighted by atomic mass is 15.2. The van der Waals surface area contributed by atoms with Gasteiger partial charge < -0.3 is 15.1 Å². The quantitative estimate of drug-likeness (QED) is 0.779. The third-order valence-electron chi connectivity index (χ3n) is 4.94. The van der Waals surface area contributed by atoms with Crippen molar-refractivity contribution in [3.63, 3.8) is 0 Å².